The van der Waals surface area contributed by atoms with Gasteiger partial charge >= 0.3 is 0 Å². The molecule has 0 atom stereocenters. The number of allylic oxidation sites excluding steroid dienone is 2. The van der Waals surface area contributed by atoms with E-state index in [9.17, 15) is 0 Å². The Hall–Kier alpha value is -1.04. The second-order valence-electron chi connectivity index (χ2n) is 4.64. The standard InChI is InChI=1S/C16H24/c1-5-9-14-11-7-8-12-16(14)15(10-6-2)13(3)4/h7-8,11-12H,5-6,9-10H2,1-4H3. The summed E-state index contributed by atoms with van der Waals surface area (Å²) in [5, 5.41) is 0. The van der Waals surface area contributed by atoms with Crippen LogP contribution >= 0.6 is 0 Å². The second-order valence-corrected chi connectivity index (χ2v) is 4.64. The maximum Gasteiger partial charge on any atom is -0.0193 e. The molecule has 0 nitrogen and oxygen atoms in total. The molecule has 0 fully saturated rings. The number of hydrogen-bond donors (Lipinski definition) is 0. The number of hydrogen-bond acceptors (Lipinski definition) is 0. The third kappa shape index (κ3) is 3.23. The highest BCUT2D eigenvalue weighted by Gasteiger charge is 2.07. The van der Waals surface area contributed by atoms with Gasteiger partial charge in [0.1, 0.15) is 0 Å². The Labute approximate surface area is 100 Å². The lowest BCUT2D eigenvalue weighted by atomic mass is 9.91. The first-order valence-corrected chi connectivity index (χ1v) is 6.45. The fourth-order valence-corrected chi connectivity index (χ4v) is 2.21. The van der Waals surface area contributed by atoms with Crippen LogP contribution in [0.3, 0.4) is 0 Å². The lowest BCUT2D eigenvalue weighted by molar-refractivity contribution is 0.908. The van der Waals surface area contributed by atoms with Gasteiger partial charge in [-0.2, -0.15) is 0 Å². The molecule has 0 amide bonds. The van der Waals surface area contributed by atoms with Crippen molar-refractivity contribution in [3.63, 3.8) is 0 Å². The van der Waals surface area contributed by atoms with Crippen LogP contribution in [-0.4, -0.2) is 0 Å². The molecule has 0 N–H and O–H groups in total. The summed E-state index contributed by atoms with van der Waals surface area (Å²) in [6, 6.07) is 8.87. The molecule has 0 spiro atoms. The van der Waals surface area contributed by atoms with Crippen molar-refractivity contribution in [2.24, 2.45) is 0 Å². The van der Waals surface area contributed by atoms with Crippen molar-refractivity contribution >= 4 is 5.57 Å². The average molecular weight is 216 g/mol. The molecule has 0 unspecified atom stereocenters. The van der Waals surface area contributed by atoms with Crippen LogP contribution in [0.1, 0.15) is 58.1 Å². The Balaban J connectivity index is 3.14. The average Bonchev–Trinajstić information content (AvgIpc) is 2.27. The van der Waals surface area contributed by atoms with E-state index >= 15 is 0 Å². The molecule has 0 aliphatic carbocycles. The number of rotatable bonds is 5. The Kier molecular flexibility index (Phi) is 5.31. The zero-order valence-electron chi connectivity index (χ0n) is 11.1. The van der Waals surface area contributed by atoms with Gasteiger partial charge in [0.05, 0.1) is 0 Å². The second kappa shape index (κ2) is 6.52. The van der Waals surface area contributed by atoms with E-state index in [1.54, 1.807) is 5.57 Å². The van der Waals surface area contributed by atoms with Crippen molar-refractivity contribution in [2.45, 2.75) is 53.4 Å². The summed E-state index contributed by atoms with van der Waals surface area (Å²) >= 11 is 0. The highest BCUT2D eigenvalue weighted by Crippen LogP contribution is 2.27. The fraction of sp³-hybridized carbons (Fsp3) is 0.500. The van der Waals surface area contributed by atoms with Gasteiger partial charge in [-0.15, -0.1) is 0 Å². The number of benzene rings is 1. The zero-order chi connectivity index (χ0) is 12.0. The van der Waals surface area contributed by atoms with Crippen molar-refractivity contribution in [1.29, 1.82) is 0 Å². The Bertz CT molecular complexity index is 354. The summed E-state index contributed by atoms with van der Waals surface area (Å²) in [5.74, 6) is 0. The predicted octanol–water partition coefficient (Wildman–Crippen LogP) is 5.23. The van der Waals surface area contributed by atoms with E-state index < -0.39 is 0 Å². The van der Waals surface area contributed by atoms with Crippen LogP contribution < -0.4 is 0 Å². The van der Waals surface area contributed by atoms with Gasteiger partial charge in [-0.1, -0.05) is 56.5 Å². The van der Waals surface area contributed by atoms with Crippen LogP contribution in [0.25, 0.3) is 5.57 Å². The summed E-state index contributed by atoms with van der Waals surface area (Å²) in [4.78, 5) is 0. The van der Waals surface area contributed by atoms with Crippen molar-refractivity contribution in [3.8, 4) is 0 Å². The molecule has 1 aromatic rings. The smallest absolute Gasteiger partial charge is 0.0193 e. The lowest BCUT2D eigenvalue weighted by Crippen LogP contribution is -1.95. The van der Waals surface area contributed by atoms with Gasteiger partial charge in [-0.05, 0) is 43.4 Å². The molecule has 0 saturated carbocycles. The first-order valence-electron chi connectivity index (χ1n) is 6.45. The van der Waals surface area contributed by atoms with E-state index in [-0.39, 0.29) is 0 Å². The summed E-state index contributed by atoms with van der Waals surface area (Å²) in [5.41, 5.74) is 6.00. The third-order valence-electron chi connectivity index (χ3n) is 2.97. The molecule has 0 aliphatic heterocycles. The van der Waals surface area contributed by atoms with E-state index in [4.69, 9.17) is 0 Å². The normalized spacial score (nSPS) is 10.2. The molecule has 0 heteroatoms. The van der Waals surface area contributed by atoms with E-state index in [1.807, 2.05) is 0 Å². The topological polar surface area (TPSA) is 0 Å². The summed E-state index contributed by atoms with van der Waals surface area (Å²) in [6.07, 6.45) is 4.83. The maximum absolute atomic E-state index is 2.28. The first-order chi connectivity index (χ1) is 7.70. The lowest BCUT2D eigenvalue weighted by Gasteiger charge is -2.14. The predicted molar refractivity (Wildman–Crippen MR) is 73.6 cm³/mol. The molecule has 88 valence electrons. The minimum absolute atomic E-state index is 1.19. The highest BCUT2D eigenvalue weighted by atomic mass is 14.1. The Morgan fingerprint density at radius 1 is 1.00 bits per heavy atom. The van der Waals surface area contributed by atoms with Crippen LogP contribution in [0.2, 0.25) is 0 Å². The van der Waals surface area contributed by atoms with E-state index in [0.29, 0.717) is 0 Å². The zero-order valence-corrected chi connectivity index (χ0v) is 11.1. The van der Waals surface area contributed by atoms with Crippen LogP contribution in [0, 0.1) is 0 Å². The van der Waals surface area contributed by atoms with Crippen LogP contribution in [0.5, 0.6) is 0 Å². The summed E-state index contributed by atoms with van der Waals surface area (Å²) in [7, 11) is 0. The van der Waals surface area contributed by atoms with E-state index in [0.717, 1.165) is 0 Å². The third-order valence-corrected chi connectivity index (χ3v) is 2.97. The van der Waals surface area contributed by atoms with Crippen LogP contribution in [0.4, 0.5) is 0 Å². The Morgan fingerprint density at radius 2 is 1.69 bits per heavy atom. The van der Waals surface area contributed by atoms with Gasteiger partial charge in [-0.3, -0.25) is 0 Å². The molecular formula is C16H24. The van der Waals surface area contributed by atoms with Gasteiger partial charge in [0.25, 0.3) is 0 Å². The maximum atomic E-state index is 2.28. The van der Waals surface area contributed by atoms with Gasteiger partial charge in [0, 0.05) is 0 Å². The molecule has 0 bridgehead atoms. The molecule has 1 aromatic carbocycles. The molecule has 0 radical (unpaired) electrons. The fourth-order valence-electron chi connectivity index (χ4n) is 2.21. The quantitative estimate of drug-likeness (QED) is 0.632. The van der Waals surface area contributed by atoms with E-state index in [1.165, 1.54) is 42.4 Å². The molecule has 0 saturated heterocycles. The van der Waals surface area contributed by atoms with Crippen molar-refractivity contribution in [2.75, 3.05) is 0 Å². The first kappa shape index (κ1) is 13.0. The van der Waals surface area contributed by atoms with Crippen molar-refractivity contribution < 1.29 is 0 Å². The highest BCUT2D eigenvalue weighted by molar-refractivity contribution is 5.70. The molecular weight excluding hydrogens is 192 g/mol. The van der Waals surface area contributed by atoms with Gasteiger partial charge in [0.2, 0.25) is 0 Å². The minimum atomic E-state index is 1.19. The minimum Gasteiger partial charge on any atom is -0.0726 e. The molecule has 0 aromatic heterocycles. The molecule has 1 rings (SSSR count). The SMILES string of the molecule is CCCC(=C(C)C)c1ccccc1CCC. The van der Waals surface area contributed by atoms with Gasteiger partial charge in [-0.25, -0.2) is 0 Å². The van der Waals surface area contributed by atoms with Crippen LogP contribution in [0.15, 0.2) is 29.8 Å². The molecule has 0 aliphatic rings. The Morgan fingerprint density at radius 3 is 2.25 bits per heavy atom. The van der Waals surface area contributed by atoms with Gasteiger partial charge < -0.3 is 0 Å². The van der Waals surface area contributed by atoms with Crippen molar-refractivity contribution in [3.05, 3.63) is 41.0 Å². The summed E-state index contributed by atoms with van der Waals surface area (Å²) < 4.78 is 0. The largest absolute Gasteiger partial charge is 0.0726 e. The molecule has 0 heterocycles. The number of aryl methyl sites for hydroxylation is 1. The van der Waals surface area contributed by atoms with Crippen LogP contribution in [-0.2, 0) is 6.42 Å². The molecule has 16 heavy (non-hydrogen) atoms. The van der Waals surface area contributed by atoms with Crippen molar-refractivity contribution in [1.82, 2.24) is 0 Å². The monoisotopic (exact) mass is 216 g/mol. The van der Waals surface area contributed by atoms with E-state index in [2.05, 4.69) is 52.0 Å². The van der Waals surface area contributed by atoms with Gasteiger partial charge in [0.15, 0.2) is 0 Å². The summed E-state index contributed by atoms with van der Waals surface area (Å²) in [6.45, 7) is 8.96.